The Hall–Kier alpha value is -4.24. The maximum atomic E-state index is 11.7. The van der Waals surface area contributed by atoms with Gasteiger partial charge in [0.15, 0.2) is 5.75 Å². The van der Waals surface area contributed by atoms with Gasteiger partial charge in [0.2, 0.25) is 0 Å². The molecule has 1 atom stereocenters. The maximum Gasteiger partial charge on any atom is 0.311 e. The summed E-state index contributed by atoms with van der Waals surface area (Å²) in [5.74, 6) is 2.06. The molecule has 2 heterocycles. The fourth-order valence-corrected chi connectivity index (χ4v) is 3.56. The van der Waals surface area contributed by atoms with E-state index in [1.165, 1.54) is 12.4 Å². The Morgan fingerprint density at radius 2 is 1.82 bits per heavy atom. The summed E-state index contributed by atoms with van der Waals surface area (Å²) in [6.07, 6.45) is 1.89. The minimum absolute atomic E-state index is 0.140. The highest BCUT2D eigenvalue weighted by Gasteiger charge is 2.24. The molecule has 5 rings (SSSR count). The molecular formula is C24H20N4O5. The largest absolute Gasteiger partial charge is 0.481 e. The quantitative estimate of drug-likeness (QED) is 0.304. The van der Waals surface area contributed by atoms with Crippen LogP contribution in [0.4, 0.5) is 17.2 Å². The molecule has 9 heteroatoms. The number of hydrogen-bond donors (Lipinski definition) is 1. The van der Waals surface area contributed by atoms with Crippen LogP contribution < -0.4 is 14.8 Å². The fourth-order valence-electron chi connectivity index (χ4n) is 3.56. The summed E-state index contributed by atoms with van der Waals surface area (Å²) in [5, 5.41) is 15.4. The number of benzene rings is 3. The molecule has 0 radical (unpaired) electrons. The zero-order valence-corrected chi connectivity index (χ0v) is 17.5. The number of anilines is 2. The van der Waals surface area contributed by atoms with Gasteiger partial charge in [-0.15, -0.1) is 0 Å². The van der Waals surface area contributed by atoms with Crippen molar-refractivity contribution >= 4 is 28.1 Å². The molecular weight excluding hydrogens is 424 g/mol. The van der Waals surface area contributed by atoms with Gasteiger partial charge in [-0.3, -0.25) is 10.1 Å². The van der Waals surface area contributed by atoms with Crippen LogP contribution >= 0.6 is 0 Å². The molecule has 1 N–H and O–H groups in total. The van der Waals surface area contributed by atoms with E-state index in [4.69, 9.17) is 14.2 Å². The predicted octanol–water partition coefficient (Wildman–Crippen LogP) is 5.24. The van der Waals surface area contributed by atoms with Crippen LogP contribution in [0.2, 0.25) is 0 Å². The molecule has 33 heavy (non-hydrogen) atoms. The lowest BCUT2D eigenvalue weighted by atomic mass is 10.2. The minimum Gasteiger partial charge on any atom is -0.481 e. The molecule has 9 nitrogen and oxygen atoms in total. The smallest absolute Gasteiger partial charge is 0.311 e. The van der Waals surface area contributed by atoms with E-state index in [9.17, 15) is 10.1 Å². The van der Waals surface area contributed by atoms with Crippen molar-refractivity contribution in [1.29, 1.82) is 0 Å². The lowest BCUT2D eigenvalue weighted by molar-refractivity contribution is -0.385. The molecule has 4 aromatic rings. The first kappa shape index (κ1) is 20.7. The molecule has 0 aliphatic carbocycles. The normalized spacial score (nSPS) is 15.3. The van der Waals surface area contributed by atoms with Crippen molar-refractivity contribution in [2.24, 2.45) is 0 Å². The topological polar surface area (TPSA) is 109 Å². The number of para-hydroxylation sites is 1. The zero-order valence-electron chi connectivity index (χ0n) is 17.5. The molecule has 166 valence electrons. The fraction of sp³-hybridized carbons (Fsp3) is 0.167. The summed E-state index contributed by atoms with van der Waals surface area (Å²) in [5.41, 5.74) is 1.15. The van der Waals surface area contributed by atoms with E-state index in [0.717, 1.165) is 11.4 Å². The number of nitrogens with one attached hydrogen (secondary N) is 1. The molecule has 1 unspecified atom stereocenters. The number of nitro groups is 1. The molecule has 0 bridgehead atoms. The van der Waals surface area contributed by atoms with Crippen molar-refractivity contribution in [3.63, 3.8) is 0 Å². The first-order valence-corrected chi connectivity index (χ1v) is 10.4. The van der Waals surface area contributed by atoms with E-state index in [1.54, 1.807) is 6.07 Å². The highest BCUT2D eigenvalue weighted by atomic mass is 16.6. The molecule has 1 fully saturated rings. The third kappa shape index (κ3) is 4.68. The van der Waals surface area contributed by atoms with E-state index in [2.05, 4.69) is 15.3 Å². The maximum absolute atomic E-state index is 11.7. The third-order valence-electron chi connectivity index (χ3n) is 5.19. The highest BCUT2D eigenvalue weighted by molar-refractivity contribution is 5.93. The molecule has 0 amide bonds. The van der Waals surface area contributed by atoms with E-state index < -0.39 is 4.92 Å². The summed E-state index contributed by atoms with van der Waals surface area (Å²) in [4.78, 5) is 19.8. The number of hydrogen-bond acceptors (Lipinski definition) is 8. The van der Waals surface area contributed by atoms with Crippen LogP contribution in [0.25, 0.3) is 10.9 Å². The van der Waals surface area contributed by atoms with Crippen molar-refractivity contribution in [2.75, 3.05) is 18.5 Å². The van der Waals surface area contributed by atoms with Crippen molar-refractivity contribution < 1.29 is 19.1 Å². The van der Waals surface area contributed by atoms with Crippen molar-refractivity contribution in [1.82, 2.24) is 9.97 Å². The van der Waals surface area contributed by atoms with Crippen molar-refractivity contribution in [3.05, 3.63) is 83.2 Å². The van der Waals surface area contributed by atoms with Gasteiger partial charge in [-0.1, -0.05) is 18.2 Å². The first-order chi connectivity index (χ1) is 16.2. The van der Waals surface area contributed by atoms with Gasteiger partial charge in [0.25, 0.3) is 0 Å². The summed E-state index contributed by atoms with van der Waals surface area (Å²) in [7, 11) is 0. The van der Waals surface area contributed by atoms with E-state index in [0.29, 0.717) is 42.1 Å². The Morgan fingerprint density at radius 1 is 1.03 bits per heavy atom. The van der Waals surface area contributed by atoms with Gasteiger partial charge in [0.05, 0.1) is 29.0 Å². The Kier molecular flexibility index (Phi) is 5.69. The van der Waals surface area contributed by atoms with Gasteiger partial charge in [-0.05, 0) is 36.4 Å². The predicted molar refractivity (Wildman–Crippen MR) is 122 cm³/mol. The molecule has 1 aliphatic rings. The summed E-state index contributed by atoms with van der Waals surface area (Å²) >= 11 is 0. The molecule has 0 spiro atoms. The Balaban J connectivity index is 1.41. The Labute approximate surface area is 189 Å². The number of nitrogens with zero attached hydrogens (tertiary/aromatic N) is 3. The monoisotopic (exact) mass is 444 g/mol. The molecule has 3 aromatic carbocycles. The van der Waals surface area contributed by atoms with Gasteiger partial charge >= 0.3 is 5.69 Å². The van der Waals surface area contributed by atoms with E-state index in [-0.39, 0.29) is 17.5 Å². The SMILES string of the molecule is O=[N+]([O-])c1cc2c(Nc3ccc(Oc4ccccc4)cc3)ncnc2cc1OC1CCOC1. The third-order valence-corrected chi connectivity index (χ3v) is 5.19. The number of aromatic nitrogens is 2. The number of rotatable bonds is 7. The van der Waals surface area contributed by atoms with Crippen LogP contribution in [0, 0.1) is 10.1 Å². The lowest BCUT2D eigenvalue weighted by Crippen LogP contribution is -2.16. The number of nitro benzene ring substituents is 1. The lowest BCUT2D eigenvalue weighted by Gasteiger charge is -2.14. The molecule has 1 aliphatic heterocycles. The van der Waals surface area contributed by atoms with E-state index in [1.807, 2.05) is 54.6 Å². The summed E-state index contributed by atoms with van der Waals surface area (Å²) in [6.45, 7) is 0.993. The first-order valence-electron chi connectivity index (χ1n) is 10.4. The second-order valence-corrected chi connectivity index (χ2v) is 7.48. The van der Waals surface area contributed by atoms with Crippen LogP contribution in [-0.2, 0) is 4.74 Å². The standard InChI is InChI=1S/C24H20N4O5/c29-28(30)22-12-20-21(13-23(22)33-19-10-11-31-14-19)25-15-26-24(20)27-16-6-8-18(9-7-16)32-17-4-2-1-3-5-17/h1-9,12-13,15,19H,10-11,14H2,(H,25,26,27). The van der Waals surface area contributed by atoms with Crippen LogP contribution in [0.3, 0.4) is 0 Å². The van der Waals surface area contributed by atoms with Gasteiger partial charge in [-0.2, -0.15) is 0 Å². The van der Waals surface area contributed by atoms with Crippen LogP contribution in [-0.4, -0.2) is 34.2 Å². The van der Waals surface area contributed by atoms with Crippen molar-refractivity contribution in [2.45, 2.75) is 12.5 Å². The van der Waals surface area contributed by atoms with Gasteiger partial charge < -0.3 is 19.5 Å². The average molecular weight is 444 g/mol. The summed E-state index contributed by atoms with van der Waals surface area (Å²) in [6, 6.07) is 19.9. The number of ether oxygens (including phenoxy) is 3. The molecule has 1 aromatic heterocycles. The molecule has 0 saturated carbocycles. The second kappa shape index (κ2) is 9.09. The minimum atomic E-state index is -0.461. The van der Waals surface area contributed by atoms with Crippen LogP contribution in [0.15, 0.2) is 73.1 Å². The zero-order chi connectivity index (χ0) is 22.6. The Bertz CT molecular complexity index is 1280. The number of fused-ring (bicyclic) bond motifs is 1. The van der Waals surface area contributed by atoms with Gasteiger partial charge in [0.1, 0.15) is 29.7 Å². The second-order valence-electron chi connectivity index (χ2n) is 7.48. The summed E-state index contributed by atoms with van der Waals surface area (Å²) < 4.78 is 17.0. The Morgan fingerprint density at radius 3 is 2.55 bits per heavy atom. The van der Waals surface area contributed by atoms with Crippen LogP contribution in [0.1, 0.15) is 6.42 Å². The highest BCUT2D eigenvalue weighted by Crippen LogP contribution is 2.36. The average Bonchev–Trinajstić information content (AvgIpc) is 3.34. The van der Waals surface area contributed by atoms with E-state index >= 15 is 0 Å². The van der Waals surface area contributed by atoms with Gasteiger partial charge in [-0.25, -0.2) is 9.97 Å². The molecule has 1 saturated heterocycles. The van der Waals surface area contributed by atoms with Crippen molar-refractivity contribution in [3.8, 4) is 17.2 Å². The van der Waals surface area contributed by atoms with Crippen LogP contribution in [0.5, 0.6) is 17.2 Å². The van der Waals surface area contributed by atoms with Gasteiger partial charge in [0, 0.05) is 24.2 Å².